The normalized spacial score (nSPS) is 13.6. The predicted octanol–water partition coefficient (Wildman–Crippen LogP) is 2.42. The van der Waals surface area contributed by atoms with Crippen LogP contribution in [0.25, 0.3) is 11.1 Å². The summed E-state index contributed by atoms with van der Waals surface area (Å²) in [4.78, 5) is 34.6. The minimum atomic E-state index is -1.52. The summed E-state index contributed by atoms with van der Waals surface area (Å²) < 4.78 is 5.43. The Morgan fingerprint density at radius 3 is 2.22 bits per heavy atom. The number of aliphatic hydroxyl groups is 1. The number of aliphatic carboxylic acids is 1. The molecule has 1 unspecified atom stereocenters. The topological polar surface area (TPSA) is 125 Å². The summed E-state index contributed by atoms with van der Waals surface area (Å²) in [7, 11) is 0. The summed E-state index contributed by atoms with van der Waals surface area (Å²) >= 11 is 0. The molecule has 0 aromatic heterocycles. The number of ether oxygens (including phenoxy) is 1. The van der Waals surface area contributed by atoms with Gasteiger partial charge in [-0.25, -0.2) is 9.59 Å². The number of carboxylic acid groups (broad SMARTS) is 1. The summed E-state index contributed by atoms with van der Waals surface area (Å²) in [6.07, 6.45) is -0.660. The summed E-state index contributed by atoms with van der Waals surface area (Å²) in [6, 6.07) is 16.1. The summed E-state index contributed by atoms with van der Waals surface area (Å²) in [5.74, 6) is -1.77. The number of aliphatic hydroxyl groups excluding tert-OH is 1. The van der Waals surface area contributed by atoms with E-state index < -0.39 is 24.1 Å². The van der Waals surface area contributed by atoms with Crippen molar-refractivity contribution in [3.05, 3.63) is 71.3 Å². The quantitative estimate of drug-likeness (QED) is 0.446. The number of hydrogen-bond acceptors (Lipinski definition) is 5. The zero-order valence-corrected chi connectivity index (χ0v) is 17.7. The molecule has 0 fully saturated rings. The van der Waals surface area contributed by atoms with E-state index >= 15 is 0 Å². The van der Waals surface area contributed by atoms with Gasteiger partial charge in [0.25, 0.3) is 0 Å². The van der Waals surface area contributed by atoms with Crippen molar-refractivity contribution in [3.8, 4) is 11.1 Å². The van der Waals surface area contributed by atoms with E-state index in [1.54, 1.807) is 6.92 Å². The number of carbonyl (C=O) groups excluding carboxylic acids is 2. The second-order valence-corrected chi connectivity index (χ2v) is 7.49. The highest BCUT2D eigenvalue weighted by atomic mass is 16.5. The zero-order valence-electron chi connectivity index (χ0n) is 17.7. The molecule has 168 valence electrons. The van der Waals surface area contributed by atoms with Crippen molar-refractivity contribution in [2.45, 2.75) is 25.4 Å². The van der Waals surface area contributed by atoms with Crippen LogP contribution in [0.1, 0.15) is 30.4 Å². The molecule has 0 saturated heterocycles. The summed E-state index contributed by atoms with van der Waals surface area (Å²) in [5.41, 5.74) is 4.91. The molecule has 1 aliphatic rings. The highest BCUT2D eigenvalue weighted by Crippen LogP contribution is 2.44. The van der Waals surface area contributed by atoms with E-state index in [1.165, 1.54) is 6.08 Å². The molecule has 8 heteroatoms. The van der Waals surface area contributed by atoms with Crippen LogP contribution in [0, 0.1) is 0 Å². The smallest absolute Gasteiger partial charge is 0.407 e. The van der Waals surface area contributed by atoms with E-state index in [9.17, 15) is 19.5 Å². The third-order valence-corrected chi connectivity index (χ3v) is 5.34. The maximum atomic E-state index is 12.1. The largest absolute Gasteiger partial charge is 0.479 e. The lowest BCUT2D eigenvalue weighted by atomic mass is 9.98. The van der Waals surface area contributed by atoms with Crippen LogP contribution in [0.5, 0.6) is 0 Å². The molecule has 2 amide bonds. The fraction of sp³-hybridized carbons (Fsp3) is 0.292. The van der Waals surface area contributed by atoms with Gasteiger partial charge >= 0.3 is 12.1 Å². The Kier molecular flexibility index (Phi) is 7.62. The van der Waals surface area contributed by atoms with Gasteiger partial charge in [0.15, 0.2) is 6.10 Å². The lowest BCUT2D eigenvalue weighted by Crippen LogP contribution is -2.31. The number of alkyl carbamates (subject to hydrolysis) is 1. The molecular formula is C24H26N2O6. The third-order valence-electron chi connectivity index (χ3n) is 5.34. The van der Waals surface area contributed by atoms with E-state index in [0.717, 1.165) is 22.3 Å². The first kappa shape index (κ1) is 23.0. The Morgan fingerprint density at radius 2 is 1.62 bits per heavy atom. The van der Waals surface area contributed by atoms with Crippen LogP contribution in [-0.4, -0.2) is 54.0 Å². The molecule has 0 bridgehead atoms. The molecule has 0 spiro atoms. The minimum Gasteiger partial charge on any atom is -0.479 e. The average Bonchev–Trinajstić information content (AvgIpc) is 3.11. The maximum Gasteiger partial charge on any atom is 0.407 e. The lowest BCUT2D eigenvalue weighted by Gasteiger charge is -2.14. The number of amides is 2. The number of rotatable bonds is 9. The van der Waals surface area contributed by atoms with Crippen molar-refractivity contribution in [1.82, 2.24) is 10.6 Å². The standard InChI is InChI=1S/C24H26N2O6/c1-15(22(28)25-13-11-21(27)23(29)30)10-12-26-24(31)32-14-20-18-8-4-2-6-16(18)17-7-3-5-9-19(17)20/h2-10,20-21,27H,11-14H2,1H3,(H,25,28)(H,26,31)(H,29,30)/b15-10+. The molecule has 0 aliphatic heterocycles. The molecule has 32 heavy (non-hydrogen) atoms. The second kappa shape index (κ2) is 10.6. The second-order valence-electron chi connectivity index (χ2n) is 7.49. The highest BCUT2D eigenvalue weighted by molar-refractivity contribution is 5.92. The number of benzene rings is 2. The number of nitrogens with one attached hydrogen (secondary N) is 2. The van der Waals surface area contributed by atoms with Crippen LogP contribution in [0.2, 0.25) is 0 Å². The van der Waals surface area contributed by atoms with Crippen LogP contribution in [0.3, 0.4) is 0 Å². The van der Waals surface area contributed by atoms with Crippen molar-refractivity contribution < 1.29 is 29.3 Å². The number of fused-ring (bicyclic) bond motifs is 3. The highest BCUT2D eigenvalue weighted by Gasteiger charge is 2.28. The van der Waals surface area contributed by atoms with Crippen molar-refractivity contribution in [3.63, 3.8) is 0 Å². The van der Waals surface area contributed by atoms with Gasteiger partial charge in [-0.15, -0.1) is 0 Å². The average molecular weight is 438 g/mol. The summed E-state index contributed by atoms with van der Waals surface area (Å²) in [6.45, 7) is 1.91. The Labute approximate surface area is 185 Å². The van der Waals surface area contributed by atoms with Crippen molar-refractivity contribution >= 4 is 18.0 Å². The van der Waals surface area contributed by atoms with E-state index in [-0.39, 0.29) is 32.0 Å². The fourth-order valence-electron chi connectivity index (χ4n) is 3.61. The molecular weight excluding hydrogens is 412 g/mol. The molecule has 1 atom stereocenters. The van der Waals surface area contributed by atoms with E-state index in [0.29, 0.717) is 5.57 Å². The molecule has 3 rings (SSSR count). The zero-order chi connectivity index (χ0) is 23.1. The van der Waals surface area contributed by atoms with Gasteiger partial charge in [0.2, 0.25) is 5.91 Å². The van der Waals surface area contributed by atoms with Crippen molar-refractivity contribution in [2.75, 3.05) is 19.7 Å². The van der Waals surface area contributed by atoms with Crippen LogP contribution in [-0.2, 0) is 14.3 Å². The number of carbonyl (C=O) groups is 3. The van der Waals surface area contributed by atoms with Crippen LogP contribution < -0.4 is 10.6 Å². The molecule has 1 aliphatic carbocycles. The molecule has 0 radical (unpaired) electrons. The number of hydrogen-bond donors (Lipinski definition) is 4. The number of carboxylic acids is 1. The van der Waals surface area contributed by atoms with Gasteiger partial charge < -0.3 is 25.6 Å². The summed E-state index contributed by atoms with van der Waals surface area (Å²) in [5, 5.41) is 22.9. The van der Waals surface area contributed by atoms with Crippen LogP contribution in [0.4, 0.5) is 4.79 Å². The minimum absolute atomic E-state index is 0.0251. The van der Waals surface area contributed by atoms with Crippen LogP contribution >= 0.6 is 0 Å². The van der Waals surface area contributed by atoms with Crippen molar-refractivity contribution in [2.24, 2.45) is 0 Å². The van der Waals surface area contributed by atoms with Gasteiger partial charge in [0.05, 0.1) is 0 Å². The first-order chi connectivity index (χ1) is 15.4. The maximum absolute atomic E-state index is 12.1. The molecule has 0 heterocycles. The van der Waals surface area contributed by atoms with E-state index in [4.69, 9.17) is 9.84 Å². The van der Waals surface area contributed by atoms with Gasteiger partial charge in [-0.1, -0.05) is 54.6 Å². The van der Waals surface area contributed by atoms with Crippen LogP contribution in [0.15, 0.2) is 60.2 Å². The van der Waals surface area contributed by atoms with Crippen molar-refractivity contribution in [1.29, 1.82) is 0 Å². The Balaban J connectivity index is 1.46. The lowest BCUT2D eigenvalue weighted by molar-refractivity contribution is -0.147. The molecule has 0 saturated carbocycles. The van der Waals surface area contributed by atoms with Gasteiger partial charge in [-0.05, 0) is 29.2 Å². The van der Waals surface area contributed by atoms with Gasteiger partial charge in [-0.2, -0.15) is 0 Å². The van der Waals surface area contributed by atoms with Gasteiger partial charge in [-0.3, -0.25) is 4.79 Å². The fourth-order valence-corrected chi connectivity index (χ4v) is 3.61. The van der Waals surface area contributed by atoms with Gasteiger partial charge in [0, 0.05) is 31.0 Å². The Hall–Kier alpha value is -3.65. The third kappa shape index (κ3) is 5.53. The monoisotopic (exact) mass is 438 g/mol. The molecule has 2 aromatic carbocycles. The van der Waals surface area contributed by atoms with E-state index in [1.807, 2.05) is 36.4 Å². The Bertz CT molecular complexity index is 987. The molecule has 4 N–H and O–H groups in total. The van der Waals surface area contributed by atoms with E-state index in [2.05, 4.69) is 22.8 Å². The molecule has 2 aromatic rings. The first-order valence-electron chi connectivity index (χ1n) is 10.3. The predicted molar refractivity (Wildman–Crippen MR) is 118 cm³/mol. The SMILES string of the molecule is C/C(=C\CNC(=O)OCC1c2ccccc2-c2ccccc21)C(=O)NCCC(O)C(=O)O. The Morgan fingerprint density at radius 1 is 1.03 bits per heavy atom. The molecule has 8 nitrogen and oxygen atoms in total. The first-order valence-corrected chi connectivity index (χ1v) is 10.3. The van der Waals surface area contributed by atoms with Gasteiger partial charge in [0.1, 0.15) is 6.61 Å².